The number of aromatic nitrogens is 5. The van der Waals surface area contributed by atoms with Gasteiger partial charge in [0.15, 0.2) is 5.82 Å². The Morgan fingerprint density at radius 3 is 2.70 bits per heavy atom. The number of pyridine rings is 1. The lowest BCUT2D eigenvalue weighted by atomic mass is 9.92. The summed E-state index contributed by atoms with van der Waals surface area (Å²) in [6.07, 6.45) is 5.25. The van der Waals surface area contributed by atoms with Gasteiger partial charge in [-0.2, -0.15) is 0 Å². The minimum absolute atomic E-state index is 0.00524. The van der Waals surface area contributed by atoms with E-state index >= 15 is 0 Å². The highest BCUT2D eigenvalue weighted by Crippen LogP contribution is 2.29. The average molecular weight is 398 g/mol. The van der Waals surface area contributed by atoms with Crippen LogP contribution in [0.1, 0.15) is 40.8 Å². The molecule has 1 aliphatic rings. The number of aryl methyl sites for hydroxylation is 1. The van der Waals surface area contributed by atoms with Crippen molar-refractivity contribution in [3.63, 3.8) is 0 Å². The van der Waals surface area contributed by atoms with Gasteiger partial charge in [-0.05, 0) is 38.0 Å². The molecule has 5 rings (SSSR count). The summed E-state index contributed by atoms with van der Waals surface area (Å²) >= 11 is 0. The predicted molar refractivity (Wildman–Crippen MR) is 114 cm³/mol. The Hall–Kier alpha value is -3.61. The van der Waals surface area contributed by atoms with Gasteiger partial charge >= 0.3 is 0 Å². The minimum atomic E-state index is -0.00524. The molecule has 0 atom stereocenters. The zero-order chi connectivity index (χ0) is 20.5. The van der Waals surface area contributed by atoms with Crippen LogP contribution in [-0.2, 0) is 0 Å². The van der Waals surface area contributed by atoms with Gasteiger partial charge in [-0.3, -0.25) is 4.79 Å². The van der Waals surface area contributed by atoms with E-state index in [-0.39, 0.29) is 5.91 Å². The minimum Gasteiger partial charge on any atom is -0.343 e. The second-order valence-corrected chi connectivity index (χ2v) is 7.62. The molecule has 30 heavy (non-hydrogen) atoms. The molecule has 4 aromatic rings. The van der Waals surface area contributed by atoms with Crippen LogP contribution in [0.15, 0.2) is 54.9 Å². The van der Waals surface area contributed by atoms with E-state index in [0.29, 0.717) is 24.7 Å². The summed E-state index contributed by atoms with van der Waals surface area (Å²) in [7, 11) is 0. The number of nitrogens with zero attached hydrogens (tertiary/aromatic N) is 5. The van der Waals surface area contributed by atoms with Crippen LogP contribution >= 0.6 is 0 Å². The van der Waals surface area contributed by atoms with E-state index in [2.05, 4.69) is 24.9 Å². The fraction of sp³-hybridized carbons (Fsp3) is 0.261. The van der Waals surface area contributed by atoms with Crippen LogP contribution in [0.4, 0.5) is 0 Å². The number of likely N-dealkylation sites (tertiary alicyclic amines) is 1. The third kappa shape index (κ3) is 3.54. The summed E-state index contributed by atoms with van der Waals surface area (Å²) < 4.78 is 0. The number of hydrogen-bond acceptors (Lipinski definition) is 5. The molecule has 4 heterocycles. The summed E-state index contributed by atoms with van der Waals surface area (Å²) in [5, 5.41) is 1.04. The Labute approximate surface area is 174 Å². The molecule has 0 spiro atoms. The van der Waals surface area contributed by atoms with Crippen molar-refractivity contribution in [2.24, 2.45) is 0 Å². The number of imidazole rings is 1. The molecule has 1 amide bonds. The molecule has 7 heteroatoms. The summed E-state index contributed by atoms with van der Waals surface area (Å²) in [4.78, 5) is 36.0. The van der Waals surface area contributed by atoms with Crippen molar-refractivity contribution in [2.75, 3.05) is 13.1 Å². The van der Waals surface area contributed by atoms with Gasteiger partial charge in [0.2, 0.25) is 0 Å². The van der Waals surface area contributed by atoms with E-state index in [1.807, 2.05) is 54.3 Å². The zero-order valence-electron chi connectivity index (χ0n) is 16.7. The lowest BCUT2D eigenvalue weighted by Crippen LogP contribution is -2.38. The third-order valence-electron chi connectivity index (χ3n) is 5.62. The van der Waals surface area contributed by atoms with Crippen molar-refractivity contribution < 1.29 is 4.79 Å². The van der Waals surface area contributed by atoms with Crippen molar-refractivity contribution in [3.05, 3.63) is 72.1 Å². The van der Waals surface area contributed by atoms with E-state index in [1.165, 1.54) is 0 Å². The Morgan fingerprint density at radius 2 is 1.90 bits per heavy atom. The zero-order valence-corrected chi connectivity index (χ0v) is 16.7. The van der Waals surface area contributed by atoms with Gasteiger partial charge in [-0.25, -0.2) is 19.9 Å². The molecule has 1 fully saturated rings. The van der Waals surface area contributed by atoms with Crippen LogP contribution < -0.4 is 0 Å². The van der Waals surface area contributed by atoms with E-state index in [4.69, 9.17) is 0 Å². The van der Waals surface area contributed by atoms with Gasteiger partial charge in [0.25, 0.3) is 5.91 Å². The maximum Gasteiger partial charge on any atom is 0.272 e. The molecular formula is C23H22N6O. The molecule has 0 radical (unpaired) electrons. The number of piperidine rings is 1. The number of aromatic amines is 1. The Kier molecular flexibility index (Phi) is 4.71. The molecule has 7 nitrogen and oxygen atoms in total. The first-order chi connectivity index (χ1) is 14.7. The lowest BCUT2D eigenvalue weighted by molar-refractivity contribution is 0.0706. The second-order valence-electron chi connectivity index (χ2n) is 7.62. The highest BCUT2D eigenvalue weighted by molar-refractivity contribution is 5.95. The largest absolute Gasteiger partial charge is 0.343 e. The number of amides is 1. The number of para-hydroxylation sites is 1. The number of hydrogen-bond donors (Lipinski definition) is 1. The van der Waals surface area contributed by atoms with Gasteiger partial charge in [0.1, 0.15) is 17.2 Å². The summed E-state index contributed by atoms with van der Waals surface area (Å²) in [5.41, 5.74) is 3.18. The van der Waals surface area contributed by atoms with Crippen LogP contribution in [0.5, 0.6) is 0 Å². The quantitative estimate of drug-likeness (QED) is 0.568. The van der Waals surface area contributed by atoms with Crippen LogP contribution in [-0.4, -0.2) is 48.8 Å². The van der Waals surface area contributed by atoms with Crippen molar-refractivity contribution >= 4 is 16.8 Å². The number of benzene rings is 1. The first-order valence-electron chi connectivity index (χ1n) is 10.2. The SMILES string of the molecule is Cc1nc(-c2ncc[nH]2)cc(C2CCN(C(=O)c3ccc4ccccc4n3)CC2)n1. The normalized spacial score (nSPS) is 14.9. The molecule has 1 saturated heterocycles. The fourth-order valence-electron chi connectivity index (χ4n) is 4.05. The predicted octanol–water partition coefficient (Wildman–Crippen LogP) is 3.74. The third-order valence-corrected chi connectivity index (χ3v) is 5.62. The Morgan fingerprint density at radius 1 is 1.07 bits per heavy atom. The first-order valence-corrected chi connectivity index (χ1v) is 10.2. The summed E-state index contributed by atoms with van der Waals surface area (Å²) in [6.45, 7) is 3.29. The Bertz CT molecular complexity index is 1200. The van der Waals surface area contributed by atoms with Gasteiger partial charge < -0.3 is 9.88 Å². The number of nitrogens with one attached hydrogen (secondary N) is 1. The van der Waals surface area contributed by atoms with Crippen LogP contribution in [0.3, 0.4) is 0 Å². The van der Waals surface area contributed by atoms with Gasteiger partial charge in [0, 0.05) is 42.5 Å². The van der Waals surface area contributed by atoms with Crippen molar-refractivity contribution in [3.8, 4) is 11.5 Å². The first kappa shape index (κ1) is 18.4. The smallest absolute Gasteiger partial charge is 0.272 e. The van der Waals surface area contributed by atoms with E-state index in [9.17, 15) is 4.79 Å². The number of H-pyrrole nitrogens is 1. The molecule has 0 aliphatic carbocycles. The molecule has 0 saturated carbocycles. The highest BCUT2D eigenvalue weighted by atomic mass is 16.2. The topological polar surface area (TPSA) is 87.7 Å². The fourth-order valence-corrected chi connectivity index (χ4v) is 4.05. The highest BCUT2D eigenvalue weighted by Gasteiger charge is 2.26. The number of fused-ring (bicyclic) bond motifs is 1. The van der Waals surface area contributed by atoms with Crippen molar-refractivity contribution in [2.45, 2.75) is 25.7 Å². The number of carbonyl (C=O) groups is 1. The van der Waals surface area contributed by atoms with Crippen LogP contribution in [0.25, 0.3) is 22.4 Å². The van der Waals surface area contributed by atoms with Gasteiger partial charge in [-0.15, -0.1) is 0 Å². The maximum absolute atomic E-state index is 13.0. The van der Waals surface area contributed by atoms with Crippen LogP contribution in [0.2, 0.25) is 0 Å². The maximum atomic E-state index is 13.0. The monoisotopic (exact) mass is 398 g/mol. The molecule has 1 N–H and O–H groups in total. The number of rotatable bonds is 3. The van der Waals surface area contributed by atoms with E-state index in [1.54, 1.807) is 12.4 Å². The molecule has 0 unspecified atom stereocenters. The molecular weight excluding hydrogens is 376 g/mol. The lowest BCUT2D eigenvalue weighted by Gasteiger charge is -2.31. The van der Waals surface area contributed by atoms with Crippen LogP contribution in [0, 0.1) is 6.92 Å². The Balaban J connectivity index is 1.31. The van der Waals surface area contributed by atoms with E-state index < -0.39 is 0 Å². The summed E-state index contributed by atoms with van der Waals surface area (Å²) in [6, 6.07) is 13.6. The van der Waals surface area contributed by atoms with Crippen molar-refractivity contribution in [1.29, 1.82) is 0 Å². The molecule has 3 aromatic heterocycles. The van der Waals surface area contributed by atoms with Gasteiger partial charge in [-0.1, -0.05) is 24.3 Å². The van der Waals surface area contributed by atoms with Crippen molar-refractivity contribution in [1.82, 2.24) is 29.8 Å². The molecule has 0 bridgehead atoms. The number of carbonyl (C=O) groups excluding carboxylic acids is 1. The van der Waals surface area contributed by atoms with Gasteiger partial charge in [0.05, 0.1) is 5.52 Å². The molecule has 1 aromatic carbocycles. The second kappa shape index (κ2) is 7.67. The molecule has 1 aliphatic heterocycles. The molecule has 150 valence electrons. The summed E-state index contributed by atoms with van der Waals surface area (Å²) in [5.74, 6) is 1.78. The van der Waals surface area contributed by atoms with E-state index in [0.717, 1.165) is 46.8 Å². The average Bonchev–Trinajstić information content (AvgIpc) is 3.33. The standard InChI is InChI=1S/C23H22N6O/c1-15-26-20(14-21(27-15)22-24-10-11-25-22)17-8-12-29(13-9-17)23(30)19-7-6-16-4-2-3-5-18(16)28-19/h2-7,10-11,14,17H,8-9,12-13H2,1H3,(H,24,25).